The van der Waals surface area contributed by atoms with Crippen LogP contribution in [0.25, 0.3) is 0 Å². The van der Waals surface area contributed by atoms with Crippen LogP contribution < -0.4 is 0 Å². The molecule has 1 fully saturated rings. The van der Waals surface area contributed by atoms with Crippen molar-refractivity contribution >= 4 is 14.4 Å². The van der Waals surface area contributed by atoms with Gasteiger partial charge >= 0.3 is 6.09 Å². The molecule has 3 atom stereocenters. The van der Waals surface area contributed by atoms with E-state index in [1.807, 2.05) is 34.6 Å². The first-order valence-corrected chi connectivity index (χ1v) is 18.7. The minimum Gasteiger partial charge on any atom is -0.444 e. The molecule has 6 nitrogen and oxygen atoms in total. The van der Waals surface area contributed by atoms with Gasteiger partial charge in [0.15, 0.2) is 8.32 Å². The van der Waals surface area contributed by atoms with Gasteiger partial charge in [-0.3, -0.25) is 4.90 Å². The summed E-state index contributed by atoms with van der Waals surface area (Å²) in [7, 11) is -1.73. The fourth-order valence-corrected chi connectivity index (χ4v) is 6.22. The lowest BCUT2D eigenvalue weighted by molar-refractivity contribution is -0.0658. The second kappa shape index (κ2) is 16.0. The van der Waals surface area contributed by atoms with Crippen LogP contribution in [0.15, 0.2) is 0 Å². The van der Waals surface area contributed by atoms with Gasteiger partial charge in [-0.1, -0.05) is 79.1 Å². The van der Waals surface area contributed by atoms with Crippen molar-refractivity contribution < 1.29 is 23.8 Å². The molecular formula is C33H63NO5Si. The Hall–Kier alpha value is -1.07. The minimum absolute atomic E-state index is 0.239. The van der Waals surface area contributed by atoms with Crippen molar-refractivity contribution in [2.75, 3.05) is 6.61 Å². The number of hydrogen-bond acceptors (Lipinski definition) is 5. The maximum atomic E-state index is 12.8. The smallest absolute Gasteiger partial charge is 0.413 e. The summed E-state index contributed by atoms with van der Waals surface area (Å²) in [5.74, 6) is 6.73. The van der Waals surface area contributed by atoms with Crippen molar-refractivity contribution in [1.29, 1.82) is 0 Å². The van der Waals surface area contributed by atoms with Crippen molar-refractivity contribution in [3.05, 3.63) is 0 Å². The molecule has 0 aromatic heterocycles. The topological polar surface area (TPSA) is 68.2 Å². The molecule has 0 radical (unpaired) electrons. The van der Waals surface area contributed by atoms with Gasteiger partial charge < -0.3 is 19.0 Å². The maximum Gasteiger partial charge on any atom is 0.413 e. The summed E-state index contributed by atoms with van der Waals surface area (Å²) in [6, 6.07) is -0.537. The zero-order chi connectivity index (χ0) is 30.8. The van der Waals surface area contributed by atoms with Gasteiger partial charge in [0.2, 0.25) is 0 Å². The van der Waals surface area contributed by atoms with Crippen LogP contribution in [0.5, 0.6) is 0 Å². The van der Waals surface area contributed by atoms with E-state index in [2.05, 4.69) is 59.6 Å². The molecule has 1 aliphatic heterocycles. The fraction of sp³-hybridized carbons (Fsp3) is 0.909. The standard InChI is InChI=1S/C33H63NO5Si/c1-26(2)24-27(39-40(11,12)32(6,7)8)22-20-18-16-14-13-15-17-19-21-23-29(35)28-25-37-33(9,10)34(28)30(36)38-31(3,4)5/h26-29,35H,13-20,22,24-25H2,1-12H3/t27-,28-,29+/m0/s1. The molecule has 0 aromatic carbocycles. The summed E-state index contributed by atoms with van der Waals surface area (Å²) in [6.07, 6.45) is 10.5. The Morgan fingerprint density at radius 1 is 1.02 bits per heavy atom. The van der Waals surface area contributed by atoms with E-state index >= 15 is 0 Å². The van der Waals surface area contributed by atoms with Crippen LogP contribution in [0, 0.1) is 17.8 Å². The molecule has 1 rings (SSSR count). The molecule has 0 unspecified atom stereocenters. The molecule has 0 bridgehead atoms. The lowest BCUT2D eigenvalue weighted by atomic mass is 10.00. The number of rotatable bonds is 14. The number of nitrogens with zero attached hydrogens (tertiary/aromatic N) is 1. The number of aliphatic hydroxyl groups is 1. The third-order valence-electron chi connectivity index (χ3n) is 8.05. The number of unbranched alkanes of at least 4 members (excludes halogenated alkanes) is 7. The molecule has 1 heterocycles. The van der Waals surface area contributed by atoms with Gasteiger partial charge in [-0.2, -0.15) is 0 Å². The SMILES string of the molecule is CC(C)C[C@H](CCCCCCCCCC#C[C@@H](O)[C@@H]1COC(C)(C)N1C(=O)OC(C)(C)C)O[Si](C)(C)C(C)(C)C. The third-order valence-corrected chi connectivity index (χ3v) is 12.6. The van der Waals surface area contributed by atoms with Crippen LogP contribution in [0.2, 0.25) is 18.1 Å². The largest absolute Gasteiger partial charge is 0.444 e. The summed E-state index contributed by atoms with van der Waals surface area (Å²) in [5.41, 5.74) is -1.46. The van der Waals surface area contributed by atoms with Gasteiger partial charge in [0.1, 0.15) is 17.4 Å². The van der Waals surface area contributed by atoms with Crippen molar-refractivity contribution in [3.63, 3.8) is 0 Å². The number of ether oxygens (including phenoxy) is 2. The fourth-order valence-electron chi connectivity index (χ4n) is 4.82. The molecule has 1 amide bonds. The van der Waals surface area contributed by atoms with Crippen LogP contribution in [0.1, 0.15) is 133 Å². The van der Waals surface area contributed by atoms with E-state index in [0.29, 0.717) is 12.0 Å². The lowest BCUT2D eigenvalue weighted by Gasteiger charge is -2.40. The van der Waals surface area contributed by atoms with Gasteiger partial charge in [-0.05, 0) is 77.9 Å². The molecule has 40 heavy (non-hydrogen) atoms. The monoisotopic (exact) mass is 581 g/mol. The van der Waals surface area contributed by atoms with Crippen molar-refractivity contribution in [2.45, 2.75) is 181 Å². The molecule has 0 saturated carbocycles. The minimum atomic E-state index is -1.73. The Labute approximate surface area is 248 Å². The van der Waals surface area contributed by atoms with Crippen LogP contribution in [0.4, 0.5) is 4.79 Å². The second-order valence-corrected chi connectivity index (χ2v) is 19.8. The first kappa shape index (κ1) is 37.0. The molecule has 0 spiro atoms. The molecule has 0 aliphatic carbocycles. The summed E-state index contributed by atoms with van der Waals surface area (Å²) in [4.78, 5) is 14.2. The molecular weight excluding hydrogens is 518 g/mol. The zero-order valence-corrected chi connectivity index (χ0v) is 29.1. The summed E-state index contributed by atoms with van der Waals surface area (Å²) in [5, 5.41) is 11.0. The number of aliphatic hydroxyl groups excluding tert-OH is 1. The molecule has 1 saturated heterocycles. The van der Waals surface area contributed by atoms with Crippen LogP contribution in [0.3, 0.4) is 0 Å². The highest BCUT2D eigenvalue weighted by molar-refractivity contribution is 6.74. The van der Waals surface area contributed by atoms with E-state index in [1.54, 1.807) is 0 Å². The van der Waals surface area contributed by atoms with Gasteiger partial charge in [0.05, 0.1) is 12.6 Å². The average Bonchev–Trinajstić information content (AvgIpc) is 3.09. The lowest BCUT2D eigenvalue weighted by Crippen LogP contribution is -2.53. The first-order chi connectivity index (χ1) is 18.3. The van der Waals surface area contributed by atoms with E-state index in [1.165, 1.54) is 43.4 Å². The Morgan fingerprint density at radius 2 is 1.57 bits per heavy atom. The van der Waals surface area contributed by atoms with Crippen LogP contribution in [-0.2, 0) is 13.9 Å². The highest BCUT2D eigenvalue weighted by Gasteiger charge is 2.48. The number of amides is 1. The van der Waals surface area contributed by atoms with E-state index in [9.17, 15) is 9.90 Å². The zero-order valence-electron chi connectivity index (χ0n) is 28.1. The predicted molar refractivity (Wildman–Crippen MR) is 169 cm³/mol. The number of carbonyl (C=O) groups is 1. The average molecular weight is 582 g/mol. The van der Waals surface area contributed by atoms with Crippen molar-refractivity contribution in [3.8, 4) is 11.8 Å². The summed E-state index contributed by atoms with van der Waals surface area (Å²) >= 11 is 0. The van der Waals surface area contributed by atoms with E-state index in [-0.39, 0.29) is 11.6 Å². The molecule has 0 aromatic rings. The van der Waals surface area contributed by atoms with E-state index in [4.69, 9.17) is 13.9 Å². The quantitative estimate of drug-likeness (QED) is 0.126. The van der Waals surface area contributed by atoms with Crippen molar-refractivity contribution in [1.82, 2.24) is 4.90 Å². The predicted octanol–water partition coefficient (Wildman–Crippen LogP) is 8.67. The van der Waals surface area contributed by atoms with Gasteiger partial charge in [0, 0.05) is 12.5 Å². The van der Waals surface area contributed by atoms with Crippen LogP contribution >= 0.6 is 0 Å². The second-order valence-electron chi connectivity index (χ2n) is 15.1. The van der Waals surface area contributed by atoms with Crippen LogP contribution in [-0.4, -0.2) is 60.6 Å². The van der Waals surface area contributed by atoms with E-state index in [0.717, 1.165) is 25.7 Å². The Morgan fingerprint density at radius 3 is 2.10 bits per heavy atom. The summed E-state index contributed by atoms with van der Waals surface area (Å²) in [6.45, 7) is 25.7. The third kappa shape index (κ3) is 13.3. The molecule has 234 valence electrons. The maximum absolute atomic E-state index is 12.8. The Kier molecular flexibility index (Phi) is 14.7. The molecule has 7 heteroatoms. The highest BCUT2D eigenvalue weighted by atomic mass is 28.4. The molecule has 1 N–H and O–H groups in total. The normalized spacial score (nSPS) is 19.4. The highest BCUT2D eigenvalue weighted by Crippen LogP contribution is 2.38. The number of carbonyl (C=O) groups excluding carboxylic acids is 1. The van der Waals surface area contributed by atoms with Gasteiger partial charge in [0.25, 0.3) is 0 Å². The van der Waals surface area contributed by atoms with Crippen molar-refractivity contribution in [2.24, 2.45) is 5.92 Å². The van der Waals surface area contributed by atoms with Gasteiger partial charge in [-0.25, -0.2) is 4.79 Å². The number of hydrogen-bond donors (Lipinski definition) is 1. The Bertz CT molecular complexity index is 815. The molecule has 1 aliphatic rings. The van der Waals surface area contributed by atoms with Gasteiger partial charge in [-0.15, -0.1) is 5.92 Å². The first-order valence-electron chi connectivity index (χ1n) is 15.8. The summed E-state index contributed by atoms with van der Waals surface area (Å²) < 4.78 is 18.1. The Balaban J connectivity index is 2.33. The van der Waals surface area contributed by atoms with E-state index < -0.39 is 37.9 Å².